The highest BCUT2D eigenvalue weighted by Crippen LogP contribution is 2.23. The van der Waals surface area contributed by atoms with E-state index in [1.54, 1.807) is 6.07 Å². The first-order valence-corrected chi connectivity index (χ1v) is 7.27. The minimum atomic E-state index is 0.319. The van der Waals surface area contributed by atoms with Gasteiger partial charge in [-0.25, -0.2) is 0 Å². The third-order valence-corrected chi connectivity index (χ3v) is 3.78. The van der Waals surface area contributed by atoms with Gasteiger partial charge >= 0.3 is 0 Å². The lowest BCUT2D eigenvalue weighted by Gasteiger charge is -2.06. The van der Waals surface area contributed by atoms with Crippen molar-refractivity contribution in [2.45, 2.75) is 13.0 Å². The number of aromatic nitrogens is 1. The predicted molar refractivity (Wildman–Crippen MR) is 86.8 cm³/mol. The zero-order valence-corrected chi connectivity index (χ0v) is 12.2. The van der Waals surface area contributed by atoms with Gasteiger partial charge in [-0.15, -0.1) is 0 Å². The molecular weight excluding hydrogens is 260 g/mol. The molecule has 0 saturated carbocycles. The van der Waals surface area contributed by atoms with Crippen LogP contribution >= 0.6 is 0 Å². The van der Waals surface area contributed by atoms with Crippen molar-refractivity contribution in [3.63, 3.8) is 0 Å². The van der Waals surface area contributed by atoms with Crippen LogP contribution in [0.25, 0.3) is 10.9 Å². The maximum Gasteiger partial charge on any atom is 0.115 e. The average Bonchev–Trinajstić information content (AvgIpc) is 2.84. The quantitative estimate of drug-likeness (QED) is 0.753. The lowest BCUT2D eigenvalue weighted by atomic mass is 10.1. The molecule has 0 aliphatic carbocycles. The fourth-order valence-corrected chi connectivity index (χ4v) is 2.76. The van der Waals surface area contributed by atoms with E-state index in [1.807, 2.05) is 25.2 Å². The second kappa shape index (κ2) is 6.02. The lowest BCUT2D eigenvalue weighted by molar-refractivity contribution is 0.474. The highest BCUT2D eigenvalue weighted by Gasteiger charge is 2.08. The normalized spacial score (nSPS) is 11.1. The third-order valence-electron chi connectivity index (χ3n) is 3.78. The van der Waals surface area contributed by atoms with E-state index in [0.29, 0.717) is 5.75 Å². The number of nitrogens with zero attached hydrogens (tertiary/aromatic N) is 1. The van der Waals surface area contributed by atoms with Crippen molar-refractivity contribution in [1.82, 2.24) is 9.88 Å². The minimum absolute atomic E-state index is 0.319. The SMILES string of the molecule is CNCCc1cn(Cc2cccc(O)c2)c2ccccc12. The van der Waals surface area contributed by atoms with Crippen molar-refractivity contribution < 1.29 is 5.11 Å². The number of rotatable bonds is 5. The van der Waals surface area contributed by atoms with Crippen molar-refractivity contribution in [2.75, 3.05) is 13.6 Å². The van der Waals surface area contributed by atoms with E-state index in [4.69, 9.17) is 0 Å². The molecule has 0 amide bonds. The first kappa shape index (κ1) is 13.7. The largest absolute Gasteiger partial charge is 0.508 e. The summed E-state index contributed by atoms with van der Waals surface area (Å²) in [7, 11) is 1.98. The summed E-state index contributed by atoms with van der Waals surface area (Å²) in [5.74, 6) is 0.319. The van der Waals surface area contributed by atoms with E-state index in [9.17, 15) is 5.11 Å². The Morgan fingerprint density at radius 3 is 2.76 bits per heavy atom. The van der Waals surface area contributed by atoms with Gasteiger partial charge in [0.1, 0.15) is 5.75 Å². The van der Waals surface area contributed by atoms with Gasteiger partial charge in [-0.05, 0) is 49.3 Å². The fraction of sp³-hybridized carbons (Fsp3) is 0.222. The number of hydrogen-bond acceptors (Lipinski definition) is 2. The predicted octanol–water partition coefficient (Wildman–Crippen LogP) is 3.16. The molecule has 0 saturated heterocycles. The molecule has 0 unspecified atom stereocenters. The van der Waals surface area contributed by atoms with Crippen LogP contribution in [0.4, 0.5) is 0 Å². The van der Waals surface area contributed by atoms with Gasteiger partial charge < -0.3 is 15.0 Å². The molecule has 2 N–H and O–H groups in total. The van der Waals surface area contributed by atoms with Gasteiger partial charge in [-0.2, -0.15) is 0 Å². The Hall–Kier alpha value is -2.26. The van der Waals surface area contributed by atoms with E-state index in [-0.39, 0.29) is 0 Å². The minimum Gasteiger partial charge on any atom is -0.508 e. The Labute approximate surface area is 124 Å². The Morgan fingerprint density at radius 1 is 1.10 bits per heavy atom. The van der Waals surface area contributed by atoms with Crippen molar-refractivity contribution in [3.8, 4) is 5.75 Å². The van der Waals surface area contributed by atoms with Crippen molar-refractivity contribution in [3.05, 3.63) is 65.9 Å². The molecule has 3 rings (SSSR count). The molecule has 108 valence electrons. The number of hydrogen-bond donors (Lipinski definition) is 2. The van der Waals surface area contributed by atoms with Crippen LogP contribution in [0.1, 0.15) is 11.1 Å². The Bertz CT molecular complexity index is 746. The second-order valence-corrected chi connectivity index (χ2v) is 5.32. The molecule has 1 heterocycles. The molecule has 3 aromatic rings. The van der Waals surface area contributed by atoms with E-state index in [2.05, 4.69) is 40.3 Å². The number of aromatic hydroxyl groups is 1. The van der Waals surface area contributed by atoms with Crippen LogP contribution in [0.3, 0.4) is 0 Å². The van der Waals surface area contributed by atoms with E-state index in [1.165, 1.54) is 16.5 Å². The van der Waals surface area contributed by atoms with Crippen LogP contribution in [-0.4, -0.2) is 23.3 Å². The zero-order chi connectivity index (χ0) is 14.7. The summed E-state index contributed by atoms with van der Waals surface area (Å²) in [5.41, 5.74) is 3.71. The summed E-state index contributed by atoms with van der Waals surface area (Å²) in [6.07, 6.45) is 3.25. The molecule has 21 heavy (non-hydrogen) atoms. The maximum absolute atomic E-state index is 9.61. The van der Waals surface area contributed by atoms with Gasteiger partial charge in [0.15, 0.2) is 0 Å². The standard InChI is InChI=1S/C18H20N2O/c1-19-10-9-15-13-20(18-8-3-2-7-17(15)18)12-14-5-4-6-16(21)11-14/h2-8,11,13,19,21H,9-10,12H2,1H3. The Kier molecular flexibility index (Phi) is 3.93. The first-order valence-electron chi connectivity index (χ1n) is 7.27. The van der Waals surface area contributed by atoms with Crippen LogP contribution in [0.15, 0.2) is 54.7 Å². The fourth-order valence-electron chi connectivity index (χ4n) is 2.76. The molecule has 0 radical (unpaired) electrons. The summed E-state index contributed by atoms with van der Waals surface area (Å²) in [5, 5.41) is 14.1. The number of fused-ring (bicyclic) bond motifs is 1. The Morgan fingerprint density at radius 2 is 1.95 bits per heavy atom. The van der Waals surface area contributed by atoms with Crippen LogP contribution in [-0.2, 0) is 13.0 Å². The Balaban J connectivity index is 1.98. The van der Waals surface area contributed by atoms with E-state index >= 15 is 0 Å². The van der Waals surface area contributed by atoms with Crippen LogP contribution in [0.5, 0.6) is 5.75 Å². The van der Waals surface area contributed by atoms with Crippen LogP contribution in [0, 0.1) is 0 Å². The van der Waals surface area contributed by atoms with Gasteiger partial charge in [0, 0.05) is 23.6 Å². The smallest absolute Gasteiger partial charge is 0.115 e. The van der Waals surface area contributed by atoms with Gasteiger partial charge in [0.25, 0.3) is 0 Å². The topological polar surface area (TPSA) is 37.2 Å². The molecule has 0 fully saturated rings. The molecular formula is C18H20N2O. The highest BCUT2D eigenvalue weighted by molar-refractivity contribution is 5.84. The average molecular weight is 280 g/mol. The van der Waals surface area contributed by atoms with Crippen molar-refractivity contribution >= 4 is 10.9 Å². The van der Waals surface area contributed by atoms with Gasteiger partial charge in [0.05, 0.1) is 0 Å². The molecule has 1 aromatic heterocycles. The number of phenolic OH excluding ortho intramolecular Hbond substituents is 1. The van der Waals surface area contributed by atoms with Crippen molar-refractivity contribution in [2.24, 2.45) is 0 Å². The number of para-hydroxylation sites is 1. The summed E-state index contributed by atoms with van der Waals surface area (Å²) in [6.45, 7) is 1.74. The molecule has 3 heteroatoms. The van der Waals surface area contributed by atoms with Crippen molar-refractivity contribution in [1.29, 1.82) is 0 Å². The molecule has 3 nitrogen and oxygen atoms in total. The summed E-state index contributed by atoms with van der Waals surface area (Å²) in [4.78, 5) is 0. The van der Waals surface area contributed by atoms with E-state index in [0.717, 1.165) is 25.1 Å². The van der Waals surface area contributed by atoms with Gasteiger partial charge in [-0.3, -0.25) is 0 Å². The number of likely N-dealkylation sites (N-methyl/N-ethyl adjacent to an activating group) is 1. The zero-order valence-electron chi connectivity index (χ0n) is 12.2. The molecule has 0 spiro atoms. The molecule has 2 aromatic carbocycles. The number of phenols is 1. The molecule has 0 atom stereocenters. The van der Waals surface area contributed by atoms with Gasteiger partial charge in [0.2, 0.25) is 0 Å². The summed E-state index contributed by atoms with van der Waals surface area (Å²) >= 11 is 0. The maximum atomic E-state index is 9.61. The van der Waals surface area contributed by atoms with Crippen LogP contribution in [0.2, 0.25) is 0 Å². The number of nitrogens with one attached hydrogen (secondary N) is 1. The highest BCUT2D eigenvalue weighted by atomic mass is 16.3. The van der Waals surface area contributed by atoms with Crippen LogP contribution < -0.4 is 5.32 Å². The lowest BCUT2D eigenvalue weighted by Crippen LogP contribution is -2.10. The first-order chi connectivity index (χ1) is 10.3. The second-order valence-electron chi connectivity index (χ2n) is 5.32. The monoisotopic (exact) mass is 280 g/mol. The van der Waals surface area contributed by atoms with Gasteiger partial charge in [-0.1, -0.05) is 30.3 Å². The molecule has 0 bridgehead atoms. The third kappa shape index (κ3) is 2.93. The molecule has 0 aliphatic rings. The summed E-state index contributed by atoms with van der Waals surface area (Å²) < 4.78 is 2.26. The summed E-state index contributed by atoms with van der Waals surface area (Å²) in [6, 6.07) is 15.9. The van der Waals surface area contributed by atoms with E-state index < -0.39 is 0 Å². The molecule has 0 aliphatic heterocycles. The number of benzene rings is 2.